The molecular weight excluding hydrogens is 1560 g/mol. The van der Waals surface area contributed by atoms with Crippen LogP contribution < -0.4 is 59.3 Å². The second-order valence-electron chi connectivity index (χ2n) is 26.7. The fraction of sp³-hybridized carbons (Fsp3) is 0.444. The van der Waals surface area contributed by atoms with E-state index in [2.05, 4.69) is 26.4 Å². The number of anilines is 2. The number of carboxylic acid groups (broad SMARTS) is 10. The Hall–Kier alpha value is -13.9. The van der Waals surface area contributed by atoms with Crippen molar-refractivity contribution in [3.05, 3.63) is 77.6 Å². The van der Waals surface area contributed by atoms with Crippen molar-refractivity contribution in [2.24, 2.45) is 11.7 Å². The summed E-state index contributed by atoms with van der Waals surface area (Å²) in [7, 11) is 0. The van der Waals surface area contributed by atoms with Gasteiger partial charge in [0.2, 0.25) is 59.1 Å². The summed E-state index contributed by atoms with van der Waals surface area (Å²) in [5, 5.41) is 120. The predicted molar refractivity (Wildman–Crippen MR) is 394 cm³/mol. The van der Waals surface area contributed by atoms with Gasteiger partial charge < -0.3 is 110 Å². The first-order valence-electron chi connectivity index (χ1n) is 35.8. The van der Waals surface area contributed by atoms with Gasteiger partial charge >= 0.3 is 59.7 Å². The molecule has 45 heteroatoms. The average molecular weight is 1650 g/mol. The monoisotopic (exact) mass is 1650 g/mol. The maximum Gasteiger partial charge on any atom is 0.326 e. The number of carbonyl (C=O) groups excluding carboxylic acids is 11. The molecule has 23 N–H and O–H groups in total. The van der Waals surface area contributed by atoms with Crippen LogP contribution in [0.25, 0.3) is 22.0 Å². The number of halogens is 1. The molecule has 4 rings (SSSR count). The molecule has 0 aliphatic heterocycles. The molecule has 3 aromatic carbocycles. The molecule has 1 heterocycles. The summed E-state index contributed by atoms with van der Waals surface area (Å²) in [5.41, 5.74) is 15.0. The van der Waals surface area contributed by atoms with E-state index in [1.54, 1.807) is 55.5 Å². The first-order chi connectivity index (χ1) is 54.9. The number of nitrogens with zero attached hydrogens (tertiary/aromatic N) is 2. The number of rotatable bonds is 53. The Bertz CT molecular complexity index is 4440. The van der Waals surface area contributed by atoms with Crippen LogP contribution in [0, 0.1) is 18.7 Å². The molecular formula is C72H88FN13O31. The quantitative estimate of drug-likeness (QED) is 0.0242. The van der Waals surface area contributed by atoms with Crippen LogP contribution >= 0.6 is 0 Å². The number of hydrogen-bond donors (Lipinski definition) is 21. The third-order valence-electron chi connectivity index (χ3n) is 17.6. The second-order valence-corrected chi connectivity index (χ2v) is 26.7. The molecule has 0 spiro atoms. The Morgan fingerprint density at radius 1 is 0.410 bits per heavy atom. The number of nitrogen functional groups attached to an aromatic ring is 1. The fourth-order valence-corrected chi connectivity index (χ4v) is 11.4. The zero-order chi connectivity index (χ0) is 87.7. The smallest absolute Gasteiger partial charge is 0.326 e. The molecule has 0 aliphatic carbocycles. The van der Waals surface area contributed by atoms with Gasteiger partial charge in [-0.15, -0.1) is 5.10 Å². The summed E-state index contributed by atoms with van der Waals surface area (Å²) in [4.78, 5) is 260. The van der Waals surface area contributed by atoms with E-state index in [9.17, 15) is 151 Å². The van der Waals surface area contributed by atoms with Gasteiger partial charge in [-0.05, 0) is 106 Å². The lowest BCUT2D eigenvalue weighted by molar-refractivity contribution is -0.146. The van der Waals surface area contributed by atoms with Crippen LogP contribution in [0.3, 0.4) is 0 Å². The van der Waals surface area contributed by atoms with Gasteiger partial charge in [0.05, 0.1) is 35.7 Å². The summed E-state index contributed by atoms with van der Waals surface area (Å²) in [6.45, 7) is 1.76. The number of carboxylic acids is 10. The number of amides is 9. The molecule has 0 unspecified atom stereocenters. The van der Waals surface area contributed by atoms with Crippen LogP contribution in [-0.4, -0.2) is 240 Å². The normalized spacial score (nSPS) is 13.5. The van der Waals surface area contributed by atoms with E-state index in [-0.39, 0.29) is 23.3 Å². The van der Waals surface area contributed by atoms with E-state index in [0.717, 1.165) is 10.2 Å². The van der Waals surface area contributed by atoms with E-state index in [4.69, 9.17) is 16.6 Å². The van der Waals surface area contributed by atoms with Crippen molar-refractivity contribution < 1.29 is 156 Å². The van der Waals surface area contributed by atoms with Gasteiger partial charge in [-0.1, -0.05) is 42.0 Å². The Kier molecular flexibility index (Phi) is 37.8. The highest BCUT2D eigenvalue weighted by Gasteiger charge is 2.34. The molecule has 4 aromatic rings. The predicted octanol–water partition coefficient (Wildman–Crippen LogP) is -1.41. The van der Waals surface area contributed by atoms with Gasteiger partial charge in [0, 0.05) is 69.9 Å². The van der Waals surface area contributed by atoms with E-state index >= 15 is 0 Å². The summed E-state index contributed by atoms with van der Waals surface area (Å²) in [6, 6.07) is -0.795. The van der Waals surface area contributed by atoms with Crippen molar-refractivity contribution in [2.45, 2.75) is 196 Å². The lowest BCUT2D eigenvalue weighted by Crippen LogP contribution is -2.50. The lowest BCUT2D eigenvalue weighted by atomic mass is 9.94. The molecule has 0 fully saturated rings. The van der Waals surface area contributed by atoms with Crippen molar-refractivity contribution in [3.8, 4) is 11.1 Å². The van der Waals surface area contributed by atoms with Crippen molar-refractivity contribution >= 4 is 147 Å². The minimum absolute atomic E-state index is 0.102. The number of Topliss-reactive ketones (excluding diaryl/α,β-unsaturated/α-hetero) is 1. The van der Waals surface area contributed by atoms with Crippen molar-refractivity contribution in [1.29, 1.82) is 0 Å². The van der Waals surface area contributed by atoms with E-state index in [1.165, 1.54) is 12.1 Å². The highest BCUT2D eigenvalue weighted by Crippen LogP contribution is 2.34. The molecule has 10 atom stereocenters. The maximum absolute atomic E-state index is 14.3. The summed E-state index contributed by atoms with van der Waals surface area (Å²) < 4.78 is 15.2. The number of aromatic nitrogens is 2. The standard InChI is InChI=1S/C72H88FN13O31/c1-33-5-12-40(73)36(29-33)31-58(95)76-37-9-6-34(7-10-37)39-3-2-4-50-61(39)62(75)85-86(50)59(96)32-41(74)63(99)84-49(72(116)117)20-27-57(94)83-48(71(114)115)19-26-56(93)82-47(70(112)113)18-25-55(92)81-46(69(110)111)17-24-54(91)80-45(68(108)109)16-23-53(90)79-44(67(106)107)15-22-52(89)78-43(66(104)105)14-21-51(88)77-42(65(102)103)13-11-38(87)30-35(64(100)101)8-28-60(97)98/h2-7,9-10,12,29,35,41-49H,8,11,13-28,30-32,74H2,1H3,(H2,75,85)(H,76,95)(H,77,88)(H,78,89)(H,79,90)(H,80,91)(H,81,92)(H,82,93)(H,83,94)(H,84,99)(H,97,98)(H,100,101)(H,102,103)(H,104,105)(H,106,107)(H,108,109)(H,110,111)(H,112,113)(H,114,115)(H,116,117)/t35-,41+,42+,43+,44+,45+,46+,47+,48+,49+/m1/s1. The Morgan fingerprint density at radius 3 is 1.10 bits per heavy atom. The molecule has 44 nitrogen and oxygen atoms in total. The van der Waals surface area contributed by atoms with Crippen LogP contribution in [0.1, 0.15) is 144 Å². The third-order valence-corrected chi connectivity index (χ3v) is 17.6. The van der Waals surface area contributed by atoms with Crippen LogP contribution in [0.5, 0.6) is 0 Å². The van der Waals surface area contributed by atoms with Crippen molar-refractivity contribution in [2.75, 3.05) is 11.1 Å². The molecule has 0 aliphatic rings. The number of fused-ring (bicyclic) bond motifs is 1. The summed E-state index contributed by atoms with van der Waals surface area (Å²) >= 11 is 0. The lowest BCUT2D eigenvalue weighted by Gasteiger charge is -2.19. The number of carbonyl (C=O) groups is 21. The summed E-state index contributed by atoms with van der Waals surface area (Å²) in [6.07, 6.45) is -14.1. The topological polar surface area (TPSA) is 739 Å². The number of hydrogen-bond acceptors (Lipinski definition) is 24. The number of ketones is 1. The van der Waals surface area contributed by atoms with Crippen LogP contribution in [0.2, 0.25) is 0 Å². The minimum atomic E-state index is -1.89. The molecule has 0 saturated heterocycles. The van der Waals surface area contributed by atoms with Crippen LogP contribution in [0.4, 0.5) is 15.9 Å². The van der Waals surface area contributed by atoms with Crippen LogP contribution in [0.15, 0.2) is 60.7 Å². The number of aliphatic carboxylic acids is 10. The Morgan fingerprint density at radius 2 is 0.761 bits per heavy atom. The van der Waals surface area contributed by atoms with E-state index < -0.39 is 319 Å². The van der Waals surface area contributed by atoms with Gasteiger partial charge in [-0.3, -0.25) is 62.3 Å². The fourth-order valence-electron chi connectivity index (χ4n) is 11.4. The first kappa shape index (κ1) is 95.5. The zero-order valence-electron chi connectivity index (χ0n) is 62.4. The molecule has 9 amide bonds. The van der Waals surface area contributed by atoms with Gasteiger partial charge in [0.15, 0.2) is 5.82 Å². The SMILES string of the molecule is Cc1ccc(F)c(CC(=O)Nc2ccc(-c3cccc4c3c(N)nn4C(=O)C[C@H](N)C(=O)N[C@@H](CCC(=O)N[C@@H](CCC(=O)N[C@@H](CCC(=O)N[C@@H](CCC(=O)N[C@@H](CCC(=O)N[C@@H](CCC(=O)N[C@@H](CCC(=O)N[C@@H](CCC(=O)C[C@@H](CCC(=O)O)C(=O)O)C(=O)O)C(=O)O)C(=O)O)C(=O)O)C(=O)O)C(=O)O)C(=O)O)C(=O)O)cc2)c1. The second kappa shape index (κ2) is 46.3. The molecule has 1 aromatic heterocycles. The number of benzene rings is 3. The first-order valence-corrected chi connectivity index (χ1v) is 35.8. The molecule has 634 valence electrons. The Labute approximate surface area is 660 Å². The molecule has 0 bridgehead atoms. The van der Waals surface area contributed by atoms with Crippen molar-refractivity contribution in [1.82, 2.24) is 52.3 Å². The highest BCUT2D eigenvalue weighted by molar-refractivity contribution is 6.06. The van der Waals surface area contributed by atoms with Gasteiger partial charge in [0.25, 0.3) is 0 Å². The molecule has 0 saturated carbocycles. The zero-order valence-corrected chi connectivity index (χ0v) is 62.4. The molecule has 117 heavy (non-hydrogen) atoms. The van der Waals surface area contributed by atoms with Gasteiger partial charge in [-0.2, -0.15) is 4.68 Å². The molecule has 0 radical (unpaired) electrons. The minimum Gasteiger partial charge on any atom is -0.481 e. The van der Waals surface area contributed by atoms with Crippen LogP contribution in [-0.2, 0) is 102 Å². The van der Waals surface area contributed by atoms with E-state index in [0.29, 0.717) is 22.2 Å². The van der Waals surface area contributed by atoms with Gasteiger partial charge in [-0.25, -0.2) is 42.7 Å². The number of nitrogens with two attached hydrogens (primary N) is 2. The Balaban J connectivity index is 1.19. The maximum atomic E-state index is 14.3. The summed E-state index contributed by atoms with van der Waals surface area (Å²) in [5.74, 6) is -29.5. The van der Waals surface area contributed by atoms with E-state index in [1.807, 2.05) is 26.6 Å². The average Bonchev–Trinajstić information content (AvgIpc) is 1.62. The number of nitrogens with one attached hydrogen (secondary N) is 9. The number of aryl methyl sites for hydroxylation is 1. The van der Waals surface area contributed by atoms with Crippen molar-refractivity contribution in [3.63, 3.8) is 0 Å². The third kappa shape index (κ3) is 33.0. The highest BCUT2D eigenvalue weighted by atomic mass is 19.1. The largest absolute Gasteiger partial charge is 0.481 e. The van der Waals surface area contributed by atoms with Gasteiger partial charge in [0.1, 0.15) is 59.9 Å².